The molecule has 0 radical (unpaired) electrons. The lowest BCUT2D eigenvalue weighted by Gasteiger charge is -2.10. The average molecular weight is 392 g/mol. The van der Waals surface area contributed by atoms with Crippen LogP contribution in [-0.2, 0) is 0 Å². The van der Waals surface area contributed by atoms with E-state index in [9.17, 15) is 4.79 Å². The minimum absolute atomic E-state index is 0.282. The van der Waals surface area contributed by atoms with Gasteiger partial charge in [0.15, 0.2) is 0 Å². The topological polar surface area (TPSA) is 85.4 Å². The van der Waals surface area contributed by atoms with Gasteiger partial charge < -0.3 is 20.1 Å². The number of anilines is 2. The molecule has 0 aliphatic carbocycles. The number of benzene rings is 2. The molecule has 0 saturated heterocycles. The first-order valence-electron chi connectivity index (χ1n) is 9.26. The molecular weight excluding hydrogens is 368 g/mol. The van der Waals surface area contributed by atoms with Gasteiger partial charge in [0, 0.05) is 11.8 Å². The van der Waals surface area contributed by atoms with Crippen LogP contribution in [0.4, 0.5) is 11.5 Å². The number of carbonyl (C=O) groups excluding carboxylic acids is 1. The Hall–Kier alpha value is -3.61. The van der Waals surface area contributed by atoms with Crippen molar-refractivity contribution in [1.82, 2.24) is 9.97 Å². The predicted molar refractivity (Wildman–Crippen MR) is 113 cm³/mol. The molecule has 2 aromatic carbocycles. The molecule has 3 rings (SSSR count). The van der Waals surface area contributed by atoms with Crippen LogP contribution in [0, 0.1) is 13.8 Å². The van der Waals surface area contributed by atoms with Crippen molar-refractivity contribution in [2.75, 3.05) is 30.9 Å². The SMILES string of the molecule is COc1ccc(OCCNc2cc(C(=O)Nc3cc(C)cc(C)c3)ncn2)cc1. The highest BCUT2D eigenvalue weighted by Gasteiger charge is 2.10. The lowest BCUT2D eigenvalue weighted by atomic mass is 10.1. The predicted octanol–water partition coefficient (Wildman–Crippen LogP) is 3.85. The van der Waals surface area contributed by atoms with Gasteiger partial charge in [-0.15, -0.1) is 0 Å². The minimum Gasteiger partial charge on any atom is -0.497 e. The van der Waals surface area contributed by atoms with Crippen LogP contribution in [0.25, 0.3) is 0 Å². The molecule has 0 unspecified atom stereocenters. The Balaban J connectivity index is 1.52. The molecule has 0 fully saturated rings. The Morgan fingerprint density at radius 1 is 0.966 bits per heavy atom. The molecule has 0 saturated carbocycles. The maximum absolute atomic E-state index is 12.5. The minimum atomic E-state index is -0.282. The van der Waals surface area contributed by atoms with Crippen molar-refractivity contribution in [3.8, 4) is 11.5 Å². The summed E-state index contributed by atoms with van der Waals surface area (Å²) in [6.45, 7) is 4.95. The van der Waals surface area contributed by atoms with Gasteiger partial charge in [0.1, 0.15) is 35.9 Å². The Morgan fingerprint density at radius 3 is 2.34 bits per heavy atom. The van der Waals surface area contributed by atoms with Crippen molar-refractivity contribution in [1.29, 1.82) is 0 Å². The highest BCUT2D eigenvalue weighted by atomic mass is 16.5. The second kappa shape index (κ2) is 9.54. The Morgan fingerprint density at radius 2 is 1.66 bits per heavy atom. The van der Waals surface area contributed by atoms with Gasteiger partial charge in [0.05, 0.1) is 13.7 Å². The van der Waals surface area contributed by atoms with Crippen LogP contribution in [0.2, 0.25) is 0 Å². The van der Waals surface area contributed by atoms with Crippen molar-refractivity contribution in [3.05, 3.63) is 71.7 Å². The second-order valence-corrected chi connectivity index (χ2v) is 6.57. The molecule has 0 spiro atoms. The van der Waals surface area contributed by atoms with E-state index in [0.717, 1.165) is 28.3 Å². The summed E-state index contributed by atoms with van der Waals surface area (Å²) in [5.74, 6) is 1.81. The van der Waals surface area contributed by atoms with Gasteiger partial charge in [-0.25, -0.2) is 9.97 Å². The number of nitrogens with one attached hydrogen (secondary N) is 2. The van der Waals surface area contributed by atoms with Crippen LogP contribution in [0.1, 0.15) is 21.6 Å². The van der Waals surface area contributed by atoms with E-state index in [0.29, 0.717) is 19.0 Å². The van der Waals surface area contributed by atoms with Gasteiger partial charge in [-0.3, -0.25) is 4.79 Å². The van der Waals surface area contributed by atoms with Gasteiger partial charge in [-0.2, -0.15) is 0 Å². The molecule has 7 heteroatoms. The summed E-state index contributed by atoms with van der Waals surface area (Å²) in [4.78, 5) is 20.7. The van der Waals surface area contributed by atoms with E-state index in [1.54, 1.807) is 13.2 Å². The van der Waals surface area contributed by atoms with Gasteiger partial charge in [-0.1, -0.05) is 6.07 Å². The molecule has 2 N–H and O–H groups in total. The molecule has 1 heterocycles. The summed E-state index contributed by atoms with van der Waals surface area (Å²) < 4.78 is 10.8. The fourth-order valence-electron chi connectivity index (χ4n) is 2.84. The monoisotopic (exact) mass is 392 g/mol. The van der Waals surface area contributed by atoms with Crippen LogP contribution in [0.3, 0.4) is 0 Å². The molecule has 7 nitrogen and oxygen atoms in total. The number of ether oxygens (including phenoxy) is 2. The first-order valence-corrected chi connectivity index (χ1v) is 9.26. The zero-order chi connectivity index (χ0) is 20.6. The normalized spacial score (nSPS) is 10.3. The number of hydrogen-bond acceptors (Lipinski definition) is 6. The van der Waals surface area contributed by atoms with Gasteiger partial charge >= 0.3 is 0 Å². The Labute approximate surface area is 170 Å². The van der Waals surface area contributed by atoms with Crippen LogP contribution >= 0.6 is 0 Å². The standard InChI is InChI=1S/C22H24N4O3/c1-15-10-16(2)12-17(11-15)26-22(27)20-13-21(25-14-24-20)23-8-9-29-19-6-4-18(28-3)5-7-19/h4-7,10-14H,8-9H2,1-3H3,(H,26,27)(H,23,24,25). The molecule has 0 bridgehead atoms. The van der Waals surface area contributed by atoms with Gasteiger partial charge in [0.25, 0.3) is 5.91 Å². The summed E-state index contributed by atoms with van der Waals surface area (Å²) in [5, 5.41) is 6.01. The summed E-state index contributed by atoms with van der Waals surface area (Å²) in [5.41, 5.74) is 3.20. The number of methoxy groups -OCH3 is 1. The fraction of sp³-hybridized carbons (Fsp3) is 0.227. The molecule has 1 aromatic heterocycles. The van der Waals surface area contributed by atoms with Crippen LogP contribution < -0.4 is 20.1 Å². The van der Waals surface area contributed by atoms with Crippen molar-refractivity contribution in [3.63, 3.8) is 0 Å². The van der Waals surface area contributed by atoms with E-state index in [4.69, 9.17) is 9.47 Å². The van der Waals surface area contributed by atoms with Crippen LogP contribution in [0.15, 0.2) is 54.9 Å². The van der Waals surface area contributed by atoms with Gasteiger partial charge in [-0.05, 0) is 61.4 Å². The zero-order valence-corrected chi connectivity index (χ0v) is 16.7. The quantitative estimate of drug-likeness (QED) is 0.567. The maximum atomic E-state index is 12.5. The van der Waals surface area contributed by atoms with E-state index >= 15 is 0 Å². The molecular formula is C22H24N4O3. The van der Waals surface area contributed by atoms with E-state index in [2.05, 4.69) is 26.7 Å². The van der Waals surface area contributed by atoms with Crippen molar-refractivity contribution in [2.45, 2.75) is 13.8 Å². The number of hydrogen-bond donors (Lipinski definition) is 2. The van der Waals surface area contributed by atoms with E-state index in [1.165, 1.54) is 6.33 Å². The highest BCUT2D eigenvalue weighted by Crippen LogP contribution is 2.17. The number of rotatable bonds is 8. The number of aryl methyl sites for hydroxylation is 2. The maximum Gasteiger partial charge on any atom is 0.274 e. The smallest absolute Gasteiger partial charge is 0.274 e. The number of nitrogens with zero attached hydrogens (tertiary/aromatic N) is 2. The van der Waals surface area contributed by atoms with Crippen molar-refractivity contribution in [2.24, 2.45) is 0 Å². The average Bonchev–Trinajstić information content (AvgIpc) is 2.71. The largest absolute Gasteiger partial charge is 0.497 e. The second-order valence-electron chi connectivity index (χ2n) is 6.57. The van der Waals surface area contributed by atoms with Crippen LogP contribution in [0.5, 0.6) is 11.5 Å². The molecule has 29 heavy (non-hydrogen) atoms. The molecule has 3 aromatic rings. The number of carbonyl (C=O) groups is 1. The molecule has 0 aliphatic heterocycles. The zero-order valence-electron chi connectivity index (χ0n) is 16.7. The summed E-state index contributed by atoms with van der Waals surface area (Å²) in [6.07, 6.45) is 1.36. The third-order valence-electron chi connectivity index (χ3n) is 4.12. The number of amides is 1. The molecule has 0 atom stereocenters. The van der Waals surface area contributed by atoms with E-state index in [-0.39, 0.29) is 11.6 Å². The summed E-state index contributed by atoms with van der Waals surface area (Å²) in [6, 6.07) is 14.9. The summed E-state index contributed by atoms with van der Waals surface area (Å²) in [7, 11) is 1.62. The first kappa shape index (κ1) is 20.1. The third kappa shape index (κ3) is 5.93. The Kier molecular flexibility index (Phi) is 6.63. The van der Waals surface area contributed by atoms with E-state index < -0.39 is 0 Å². The number of aromatic nitrogens is 2. The first-order chi connectivity index (χ1) is 14.0. The van der Waals surface area contributed by atoms with Crippen molar-refractivity contribution >= 4 is 17.4 Å². The molecule has 0 aliphatic rings. The third-order valence-corrected chi connectivity index (χ3v) is 4.12. The molecule has 1 amide bonds. The molecule has 150 valence electrons. The fourth-order valence-corrected chi connectivity index (χ4v) is 2.84. The van der Waals surface area contributed by atoms with Crippen molar-refractivity contribution < 1.29 is 14.3 Å². The summed E-state index contributed by atoms with van der Waals surface area (Å²) >= 11 is 0. The Bertz CT molecular complexity index is 954. The van der Waals surface area contributed by atoms with Gasteiger partial charge in [0.2, 0.25) is 0 Å². The lowest BCUT2D eigenvalue weighted by Crippen LogP contribution is -2.16. The highest BCUT2D eigenvalue weighted by molar-refractivity contribution is 6.03. The van der Waals surface area contributed by atoms with E-state index in [1.807, 2.05) is 50.2 Å². The lowest BCUT2D eigenvalue weighted by molar-refractivity contribution is 0.102. The van der Waals surface area contributed by atoms with Crippen LogP contribution in [-0.4, -0.2) is 36.1 Å².